The van der Waals surface area contributed by atoms with Crippen molar-refractivity contribution in [2.24, 2.45) is 5.89 Å². The van der Waals surface area contributed by atoms with Gasteiger partial charge in [0.2, 0.25) is 5.91 Å². The van der Waals surface area contributed by atoms with Gasteiger partial charge >= 0.3 is 6.18 Å². The van der Waals surface area contributed by atoms with E-state index in [9.17, 15) is 24.6 Å². The predicted octanol–water partition coefficient (Wildman–Crippen LogP) is 4.31. The number of rotatable bonds is 4. The van der Waals surface area contributed by atoms with E-state index in [1.807, 2.05) is 0 Å². The molecule has 0 N–H and O–H groups in total. The molecule has 1 saturated carbocycles. The van der Waals surface area contributed by atoms with Crippen molar-refractivity contribution in [1.29, 1.82) is 5.26 Å². The van der Waals surface area contributed by atoms with E-state index in [1.165, 1.54) is 0 Å². The standard InChI is InChI=1S/C24H31F3N4O2/c1-14(2)19-12-30(7-8-31(19)20(32)10-24(25,26)27)22-17(11-28)16-9-23(3,4)33-13-18(16)21(29-22)15-5-6-15/h14-15,19H,5-10,12-13H2,1-4H3/t19-/m0/s1/i1D3,2D3,7D2,8D2,12D2,14D,19D. The molecular weight excluding hydrogens is 433 g/mol. The first-order valence-electron chi connectivity index (χ1n) is 17.1. The largest absolute Gasteiger partial charge is 0.397 e. The van der Waals surface area contributed by atoms with Crippen LogP contribution in [0.4, 0.5) is 19.0 Å². The Bertz CT molecular complexity index is 1500. The number of fused-ring (bicyclic) bond motifs is 1. The van der Waals surface area contributed by atoms with Crippen molar-refractivity contribution in [3.8, 4) is 6.07 Å². The number of nitrogens with zero attached hydrogens (tertiary/aromatic N) is 4. The van der Waals surface area contributed by atoms with Crippen LogP contribution >= 0.6 is 0 Å². The highest BCUT2D eigenvalue weighted by molar-refractivity contribution is 5.77. The van der Waals surface area contributed by atoms with Gasteiger partial charge in [-0.1, -0.05) is 13.7 Å². The molecule has 1 aliphatic carbocycles. The predicted molar refractivity (Wildman–Crippen MR) is 117 cm³/mol. The molecule has 1 aromatic heterocycles. The number of alkyl halides is 3. The first-order valence-corrected chi connectivity index (χ1v) is 10.1. The summed E-state index contributed by atoms with van der Waals surface area (Å²) < 4.78 is 165. The van der Waals surface area contributed by atoms with Gasteiger partial charge < -0.3 is 14.5 Å². The van der Waals surface area contributed by atoms with E-state index < -0.39 is 85.5 Å². The number of carbonyl (C=O) groups is 1. The molecule has 0 radical (unpaired) electrons. The maximum Gasteiger partial charge on any atom is 0.397 e. The lowest BCUT2D eigenvalue weighted by atomic mass is 9.87. The second kappa shape index (κ2) is 8.46. The molecule has 33 heavy (non-hydrogen) atoms. The first kappa shape index (κ1) is 11.9. The minimum Gasteiger partial charge on any atom is -0.370 e. The average Bonchev–Trinajstić information content (AvgIpc) is 3.68. The maximum absolute atomic E-state index is 13.5. The highest BCUT2D eigenvalue weighted by Crippen LogP contribution is 2.46. The zero-order valence-corrected chi connectivity index (χ0v) is 17.9. The number of halogens is 3. The van der Waals surface area contributed by atoms with Crippen LogP contribution in [0.3, 0.4) is 0 Å². The summed E-state index contributed by atoms with van der Waals surface area (Å²) in [6.07, 6.45) is -7.20. The molecule has 2 aliphatic heterocycles. The first-order chi connectivity index (χ1) is 20.8. The molecule has 2 fully saturated rings. The van der Waals surface area contributed by atoms with E-state index in [0.29, 0.717) is 18.4 Å². The van der Waals surface area contributed by atoms with E-state index in [0.717, 1.165) is 0 Å². The summed E-state index contributed by atoms with van der Waals surface area (Å²) in [4.78, 5) is 16.2. The number of ether oxygens (including phenoxy) is 1. The van der Waals surface area contributed by atoms with Crippen LogP contribution < -0.4 is 4.90 Å². The third kappa shape index (κ3) is 4.96. The highest BCUT2D eigenvalue weighted by atomic mass is 19.4. The van der Waals surface area contributed by atoms with Crippen LogP contribution in [-0.2, 0) is 22.6 Å². The van der Waals surface area contributed by atoms with Gasteiger partial charge in [0.1, 0.15) is 18.3 Å². The number of pyridine rings is 1. The van der Waals surface area contributed by atoms with Gasteiger partial charge in [0, 0.05) is 47.0 Å². The molecule has 0 unspecified atom stereocenters. The number of piperazine rings is 1. The molecule has 0 bridgehead atoms. The zero-order chi connectivity index (χ0) is 36.4. The molecule has 0 aromatic carbocycles. The summed E-state index contributed by atoms with van der Waals surface area (Å²) in [6, 6.07) is -2.94. The molecule has 9 heteroatoms. The number of amides is 1. The number of hydrogen-bond donors (Lipinski definition) is 0. The van der Waals surface area contributed by atoms with Crippen LogP contribution in [-0.4, -0.2) is 53.1 Å². The summed E-state index contributed by atoms with van der Waals surface area (Å²) in [5, 5.41) is 10.4. The molecule has 0 spiro atoms. The Morgan fingerprint density at radius 3 is 2.76 bits per heavy atom. The van der Waals surface area contributed by atoms with Crippen LogP contribution in [0.5, 0.6) is 0 Å². The second-order valence-electron chi connectivity index (χ2n) is 8.68. The number of carbonyl (C=O) groups excluding carboxylic acids is 1. The van der Waals surface area contributed by atoms with Crippen LogP contribution in [0.25, 0.3) is 0 Å². The van der Waals surface area contributed by atoms with E-state index in [1.54, 1.807) is 19.9 Å². The smallest absolute Gasteiger partial charge is 0.370 e. The summed E-state index contributed by atoms with van der Waals surface area (Å²) in [5.74, 6) is -8.59. The molecule has 1 aromatic rings. The number of hydrogen-bond acceptors (Lipinski definition) is 5. The van der Waals surface area contributed by atoms with Crippen molar-refractivity contribution in [3.05, 3.63) is 22.4 Å². The van der Waals surface area contributed by atoms with Crippen molar-refractivity contribution < 1.29 is 41.9 Å². The van der Waals surface area contributed by atoms with Gasteiger partial charge in [-0.2, -0.15) is 18.4 Å². The van der Waals surface area contributed by atoms with Gasteiger partial charge in [0.15, 0.2) is 0 Å². The van der Waals surface area contributed by atoms with E-state index in [4.69, 9.17) is 22.6 Å². The van der Waals surface area contributed by atoms with Crippen molar-refractivity contribution in [2.45, 2.75) is 83.6 Å². The molecule has 3 aliphatic rings. The van der Waals surface area contributed by atoms with Crippen LogP contribution in [0, 0.1) is 17.2 Å². The Morgan fingerprint density at radius 1 is 1.42 bits per heavy atom. The van der Waals surface area contributed by atoms with Gasteiger partial charge in [-0.05, 0) is 38.1 Å². The quantitative estimate of drug-likeness (QED) is 0.645. The molecule has 1 amide bonds. The Hall–Kier alpha value is -2.34. The monoisotopic (exact) mass is 478 g/mol. The van der Waals surface area contributed by atoms with Crippen LogP contribution in [0.2, 0.25) is 0 Å². The van der Waals surface area contributed by atoms with Gasteiger partial charge in [-0.15, -0.1) is 0 Å². The van der Waals surface area contributed by atoms with Crippen molar-refractivity contribution in [1.82, 2.24) is 9.88 Å². The zero-order valence-electron chi connectivity index (χ0n) is 31.9. The van der Waals surface area contributed by atoms with E-state index >= 15 is 0 Å². The fourth-order valence-corrected chi connectivity index (χ4v) is 3.80. The Morgan fingerprint density at radius 2 is 2.15 bits per heavy atom. The molecule has 3 heterocycles. The number of anilines is 1. The second-order valence-corrected chi connectivity index (χ2v) is 8.68. The number of aromatic nitrogens is 1. The normalized spacial score (nSPS) is 37.0. The summed E-state index contributed by atoms with van der Waals surface area (Å²) >= 11 is 0. The summed E-state index contributed by atoms with van der Waals surface area (Å²) in [6.45, 7) is -18.3. The summed E-state index contributed by atoms with van der Waals surface area (Å²) in [7, 11) is 0. The van der Waals surface area contributed by atoms with Crippen molar-refractivity contribution >= 4 is 11.7 Å². The molecule has 6 nitrogen and oxygen atoms in total. The van der Waals surface area contributed by atoms with E-state index in [2.05, 4.69) is 4.98 Å². The average molecular weight is 479 g/mol. The van der Waals surface area contributed by atoms with Crippen molar-refractivity contribution in [3.63, 3.8) is 0 Å². The van der Waals surface area contributed by atoms with Gasteiger partial charge in [-0.25, -0.2) is 4.98 Å². The molecule has 180 valence electrons. The third-order valence-corrected chi connectivity index (χ3v) is 5.48. The SMILES string of the molecule is [2H]C([2H])([2H])C([2H])(C([2H])([2H])[2H])[C@@]1([2H])N(C(=O)CC(F)(F)F)C([2H])([2H])C([2H])([2H])N(c2nc(C3CC3)c3c(c2C#N)CC(C)(C)OC3)C1([2H])[2H]. The lowest BCUT2D eigenvalue weighted by molar-refractivity contribution is -0.164. The summed E-state index contributed by atoms with van der Waals surface area (Å²) in [5.41, 5.74) is -0.803. The minimum absolute atomic E-state index is 0.0532. The Kier molecular flexibility index (Phi) is 3.04. The number of nitriles is 1. The van der Waals surface area contributed by atoms with Gasteiger partial charge in [-0.3, -0.25) is 4.79 Å². The van der Waals surface area contributed by atoms with Crippen molar-refractivity contribution in [2.75, 3.05) is 24.4 Å². The Labute approximate surface area is 212 Å². The minimum atomic E-state index is -5.52. The lowest BCUT2D eigenvalue weighted by Crippen LogP contribution is -2.58. The highest BCUT2D eigenvalue weighted by Gasteiger charge is 2.41. The van der Waals surface area contributed by atoms with Crippen LogP contribution in [0.1, 0.15) is 94.3 Å². The fourth-order valence-electron chi connectivity index (χ4n) is 3.80. The fraction of sp³-hybridized carbons (Fsp3) is 0.708. The maximum atomic E-state index is 13.5. The van der Waals surface area contributed by atoms with Gasteiger partial charge in [0.25, 0.3) is 0 Å². The van der Waals surface area contributed by atoms with Gasteiger partial charge in [0.05, 0.1) is 39.1 Å². The van der Waals surface area contributed by atoms with E-state index in [-0.39, 0.29) is 35.1 Å². The third-order valence-electron chi connectivity index (χ3n) is 5.48. The molecule has 1 atom stereocenters. The Balaban J connectivity index is 2.20. The molecule has 4 rings (SSSR count). The topological polar surface area (TPSA) is 69.5 Å². The molecule has 1 saturated heterocycles. The lowest BCUT2D eigenvalue weighted by Gasteiger charge is -2.44. The van der Waals surface area contributed by atoms with Crippen LogP contribution in [0.15, 0.2) is 0 Å². The molecular formula is C24H31F3N4O2.